The molecule has 7 heteroatoms. The standard InChI is InChI=1S/C18H21NO5S/c1-4-11-7-8-25-17(11)18(22)19-13(10-16(20)21)12-5-6-14(23-2)15(9-12)24-3/h5-9,13H,4,10H2,1-3H3,(H,19,22)(H,20,21). The summed E-state index contributed by atoms with van der Waals surface area (Å²) in [6, 6.07) is 6.34. The Hall–Kier alpha value is -2.54. The first kappa shape index (κ1) is 18.8. The SMILES string of the molecule is CCc1ccsc1C(=O)NC(CC(=O)O)c1ccc(OC)c(OC)c1. The molecule has 2 aromatic rings. The number of thiophene rings is 1. The second-order valence-electron chi connectivity index (χ2n) is 5.37. The summed E-state index contributed by atoms with van der Waals surface area (Å²) in [5.74, 6) is -0.247. The molecule has 134 valence electrons. The fourth-order valence-electron chi connectivity index (χ4n) is 2.53. The van der Waals surface area contributed by atoms with Crippen LogP contribution in [0.25, 0.3) is 0 Å². The molecule has 2 rings (SSSR count). The molecule has 0 aliphatic heterocycles. The summed E-state index contributed by atoms with van der Waals surface area (Å²) in [7, 11) is 3.03. The van der Waals surface area contributed by atoms with Gasteiger partial charge in [-0.05, 0) is 41.1 Å². The molecule has 0 fully saturated rings. The summed E-state index contributed by atoms with van der Waals surface area (Å²) in [6.07, 6.45) is 0.514. The molecule has 0 aliphatic carbocycles. The normalized spacial score (nSPS) is 11.6. The number of aryl methyl sites for hydroxylation is 1. The second kappa shape index (κ2) is 8.53. The number of methoxy groups -OCH3 is 2. The summed E-state index contributed by atoms with van der Waals surface area (Å²) in [5, 5.41) is 13.9. The van der Waals surface area contributed by atoms with E-state index in [4.69, 9.17) is 9.47 Å². The Labute approximate surface area is 150 Å². The number of hydrogen-bond donors (Lipinski definition) is 2. The summed E-state index contributed by atoms with van der Waals surface area (Å²) in [4.78, 5) is 24.4. The zero-order valence-corrected chi connectivity index (χ0v) is 15.2. The number of ether oxygens (including phenoxy) is 2. The van der Waals surface area contributed by atoms with Gasteiger partial charge in [0.15, 0.2) is 11.5 Å². The van der Waals surface area contributed by atoms with Crippen LogP contribution in [0.3, 0.4) is 0 Å². The molecule has 6 nitrogen and oxygen atoms in total. The van der Waals surface area contributed by atoms with Crippen molar-refractivity contribution in [2.75, 3.05) is 14.2 Å². The molecule has 0 saturated heterocycles. The van der Waals surface area contributed by atoms with Gasteiger partial charge in [0.25, 0.3) is 5.91 Å². The predicted molar refractivity (Wildman–Crippen MR) is 95.7 cm³/mol. The third-order valence-electron chi connectivity index (χ3n) is 3.83. The third kappa shape index (κ3) is 4.51. The Morgan fingerprint density at radius 3 is 2.52 bits per heavy atom. The number of nitrogens with one attached hydrogen (secondary N) is 1. The van der Waals surface area contributed by atoms with Crippen molar-refractivity contribution in [1.82, 2.24) is 5.32 Å². The van der Waals surface area contributed by atoms with Crippen LogP contribution in [0.1, 0.15) is 40.2 Å². The Bertz CT molecular complexity index is 756. The van der Waals surface area contributed by atoms with E-state index in [0.717, 1.165) is 12.0 Å². The minimum atomic E-state index is -0.998. The van der Waals surface area contributed by atoms with Gasteiger partial charge in [-0.25, -0.2) is 0 Å². The molecule has 0 saturated carbocycles. The number of amides is 1. The number of aliphatic carboxylic acids is 1. The maximum Gasteiger partial charge on any atom is 0.305 e. The fourth-order valence-corrected chi connectivity index (χ4v) is 3.43. The summed E-state index contributed by atoms with van der Waals surface area (Å²) in [5.41, 5.74) is 1.59. The van der Waals surface area contributed by atoms with Crippen LogP contribution in [0.2, 0.25) is 0 Å². The Morgan fingerprint density at radius 2 is 1.92 bits per heavy atom. The number of benzene rings is 1. The van der Waals surface area contributed by atoms with E-state index >= 15 is 0 Å². The van der Waals surface area contributed by atoms with Gasteiger partial charge in [-0.1, -0.05) is 13.0 Å². The molecule has 1 atom stereocenters. The van der Waals surface area contributed by atoms with Crippen molar-refractivity contribution in [3.8, 4) is 11.5 Å². The highest BCUT2D eigenvalue weighted by Crippen LogP contribution is 2.31. The Morgan fingerprint density at radius 1 is 1.20 bits per heavy atom. The van der Waals surface area contributed by atoms with Gasteiger partial charge in [0.2, 0.25) is 0 Å². The Balaban J connectivity index is 2.30. The number of carbonyl (C=O) groups excluding carboxylic acids is 1. The van der Waals surface area contributed by atoms with Crippen molar-refractivity contribution in [3.63, 3.8) is 0 Å². The van der Waals surface area contributed by atoms with E-state index in [1.165, 1.54) is 25.6 Å². The van der Waals surface area contributed by atoms with Crippen LogP contribution in [-0.2, 0) is 11.2 Å². The fraction of sp³-hybridized carbons (Fsp3) is 0.333. The van der Waals surface area contributed by atoms with Crippen molar-refractivity contribution in [2.24, 2.45) is 0 Å². The molecule has 1 aromatic carbocycles. The van der Waals surface area contributed by atoms with Crippen LogP contribution >= 0.6 is 11.3 Å². The van der Waals surface area contributed by atoms with Crippen molar-refractivity contribution in [2.45, 2.75) is 25.8 Å². The van der Waals surface area contributed by atoms with E-state index in [9.17, 15) is 14.7 Å². The maximum atomic E-state index is 12.6. The average Bonchev–Trinajstić information content (AvgIpc) is 3.09. The molecular weight excluding hydrogens is 342 g/mol. The van der Waals surface area contributed by atoms with E-state index in [1.54, 1.807) is 18.2 Å². The number of carbonyl (C=O) groups is 2. The largest absolute Gasteiger partial charge is 0.493 e. The lowest BCUT2D eigenvalue weighted by molar-refractivity contribution is -0.137. The highest BCUT2D eigenvalue weighted by atomic mass is 32.1. The number of rotatable bonds is 8. The monoisotopic (exact) mass is 363 g/mol. The maximum absolute atomic E-state index is 12.6. The van der Waals surface area contributed by atoms with Gasteiger partial charge < -0.3 is 19.9 Å². The molecule has 1 amide bonds. The van der Waals surface area contributed by atoms with Crippen LogP contribution in [0, 0.1) is 0 Å². The van der Waals surface area contributed by atoms with Gasteiger partial charge in [0.1, 0.15) is 0 Å². The highest BCUT2D eigenvalue weighted by Gasteiger charge is 2.22. The van der Waals surface area contributed by atoms with E-state index in [-0.39, 0.29) is 12.3 Å². The molecule has 25 heavy (non-hydrogen) atoms. The van der Waals surface area contributed by atoms with Gasteiger partial charge in [-0.15, -0.1) is 11.3 Å². The van der Waals surface area contributed by atoms with Crippen molar-refractivity contribution in [3.05, 3.63) is 45.6 Å². The van der Waals surface area contributed by atoms with Crippen molar-refractivity contribution in [1.29, 1.82) is 0 Å². The molecule has 1 unspecified atom stereocenters. The third-order valence-corrected chi connectivity index (χ3v) is 4.78. The molecule has 0 aliphatic rings. The van der Waals surface area contributed by atoms with Gasteiger partial charge in [-0.2, -0.15) is 0 Å². The number of hydrogen-bond acceptors (Lipinski definition) is 5. The van der Waals surface area contributed by atoms with Crippen molar-refractivity contribution < 1.29 is 24.2 Å². The Kier molecular flexibility index (Phi) is 6.41. The predicted octanol–water partition coefficient (Wildman–Crippen LogP) is 3.27. The zero-order chi connectivity index (χ0) is 18.4. The molecule has 0 bridgehead atoms. The first-order valence-electron chi connectivity index (χ1n) is 7.81. The summed E-state index contributed by atoms with van der Waals surface area (Å²) < 4.78 is 10.5. The van der Waals surface area contributed by atoms with E-state index in [1.807, 2.05) is 18.4 Å². The van der Waals surface area contributed by atoms with Crippen molar-refractivity contribution >= 4 is 23.2 Å². The van der Waals surface area contributed by atoms with Gasteiger partial charge in [-0.3, -0.25) is 9.59 Å². The van der Waals surface area contributed by atoms with Crippen LogP contribution in [0.15, 0.2) is 29.6 Å². The lowest BCUT2D eigenvalue weighted by Crippen LogP contribution is -2.30. The highest BCUT2D eigenvalue weighted by molar-refractivity contribution is 7.12. The first-order valence-corrected chi connectivity index (χ1v) is 8.69. The van der Waals surface area contributed by atoms with Gasteiger partial charge >= 0.3 is 5.97 Å². The van der Waals surface area contributed by atoms with Crippen LogP contribution in [-0.4, -0.2) is 31.2 Å². The number of carboxylic acid groups (broad SMARTS) is 1. The van der Waals surface area contributed by atoms with Gasteiger partial charge in [0, 0.05) is 0 Å². The van der Waals surface area contributed by atoms with E-state index in [0.29, 0.717) is 21.9 Å². The minimum Gasteiger partial charge on any atom is -0.493 e. The molecular formula is C18H21NO5S. The summed E-state index contributed by atoms with van der Waals surface area (Å²) >= 11 is 1.35. The quantitative estimate of drug-likeness (QED) is 0.752. The minimum absolute atomic E-state index is 0.228. The molecule has 1 aromatic heterocycles. The smallest absolute Gasteiger partial charge is 0.305 e. The molecule has 1 heterocycles. The lowest BCUT2D eigenvalue weighted by Gasteiger charge is -2.19. The molecule has 2 N–H and O–H groups in total. The lowest BCUT2D eigenvalue weighted by atomic mass is 10.0. The van der Waals surface area contributed by atoms with E-state index in [2.05, 4.69) is 5.32 Å². The average molecular weight is 363 g/mol. The van der Waals surface area contributed by atoms with Crippen LogP contribution < -0.4 is 14.8 Å². The second-order valence-corrected chi connectivity index (χ2v) is 6.28. The molecule has 0 radical (unpaired) electrons. The summed E-state index contributed by atoms with van der Waals surface area (Å²) in [6.45, 7) is 1.97. The van der Waals surface area contributed by atoms with Crippen LogP contribution in [0.5, 0.6) is 11.5 Å². The zero-order valence-electron chi connectivity index (χ0n) is 14.4. The topological polar surface area (TPSA) is 84.9 Å². The van der Waals surface area contributed by atoms with Gasteiger partial charge in [0.05, 0.1) is 31.6 Å². The van der Waals surface area contributed by atoms with Crippen LogP contribution in [0.4, 0.5) is 0 Å². The first-order chi connectivity index (χ1) is 12.0. The number of carboxylic acids is 1. The van der Waals surface area contributed by atoms with E-state index < -0.39 is 12.0 Å². The molecule has 0 spiro atoms.